The van der Waals surface area contributed by atoms with Crippen LogP contribution in [0.25, 0.3) is 0 Å². The third-order valence-corrected chi connectivity index (χ3v) is 6.75. The van der Waals surface area contributed by atoms with E-state index in [1.807, 2.05) is 6.92 Å². The Morgan fingerprint density at radius 2 is 1.76 bits per heavy atom. The standard InChI is InChI=1S/C11H25NO3S2/c1-10(16(5)13)6-7-12-8-9-17(14,15)11(2,3)4/h10,12H,6-9H2,1-5H3. The Morgan fingerprint density at radius 3 is 2.18 bits per heavy atom. The maximum atomic E-state index is 11.8. The highest BCUT2D eigenvalue weighted by Crippen LogP contribution is 2.15. The number of sulfone groups is 1. The first-order chi connectivity index (χ1) is 7.58. The van der Waals surface area contributed by atoms with Gasteiger partial charge in [-0.15, -0.1) is 0 Å². The van der Waals surface area contributed by atoms with Crippen molar-refractivity contribution >= 4 is 20.6 Å². The van der Waals surface area contributed by atoms with E-state index in [0.29, 0.717) is 13.1 Å². The van der Waals surface area contributed by atoms with Gasteiger partial charge >= 0.3 is 0 Å². The molecule has 104 valence electrons. The average Bonchev–Trinajstić information content (AvgIpc) is 2.14. The van der Waals surface area contributed by atoms with Crippen molar-refractivity contribution in [2.45, 2.75) is 44.1 Å². The Hall–Kier alpha value is 0.0600. The number of hydrogen-bond donors (Lipinski definition) is 1. The lowest BCUT2D eigenvalue weighted by Gasteiger charge is -2.19. The number of nitrogens with one attached hydrogen (secondary N) is 1. The lowest BCUT2D eigenvalue weighted by Crippen LogP contribution is -2.35. The van der Waals surface area contributed by atoms with Gasteiger partial charge in [0.2, 0.25) is 0 Å². The number of hydrogen-bond acceptors (Lipinski definition) is 4. The van der Waals surface area contributed by atoms with E-state index in [1.54, 1.807) is 27.0 Å². The van der Waals surface area contributed by atoms with Gasteiger partial charge in [-0.1, -0.05) is 6.92 Å². The van der Waals surface area contributed by atoms with E-state index in [9.17, 15) is 12.6 Å². The molecule has 0 bridgehead atoms. The molecule has 2 atom stereocenters. The molecule has 0 aromatic rings. The third kappa shape index (κ3) is 6.52. The second kappa shape index (κ2) is 6.85. The topological polar surface area (TPSA) is 63.2 Å². The minimum Gasteiger partial charge on any atom is -0.316 e. The summed E-state index contributed by atoms with van der Waals surface area (Å²) in [5, 5.41) is 3.24. The molecule has 1 N–H and O–H groups in total. The van der Waals surface area contributed by atoms with Gasteiger partial charge in [-0.05, 0) is 33.7 Å². The summed E-state index contributed by atoms with van der Waals surface area (Å²) in [5.41, 5.74) is 0. The third-order valence-electron chi connectivity index (χ3n) is 2.77. The Bertz CT molecular complexity index is 344. The molecular formula is C11H25NO3S2. The fourth-order valence-electron chi connectivity index (χ4n) is 1.11. The van der Waals surface area contributed by atoms with E-state index < -0.39 is 25.4 Å². The molecule has 0 aliphatic carbocycles. The zero-order valence-electron chi connectivity index (χ0n) is 11.4. The van der Waals surface area contributed by atoms with Crippen LogP contribution < -0.4 is 5.32 Å². The predicted molar refractivity (Wildman–Crippen MR) is 74.6 cm³/mol. The van der Waals surface area contributed by atoms with Gasteiger partial charge in [0.15, 0.2) is 9.84 Å². The Balaban J connectivity index is 3.84. The van der Waals surface area contributed by atoms with Crippen LogP contribution in [0, 0.1) is 0 Å². The lowest BCUT2D eigenvalue weighted by molar-refractivity contribution is 0.554. The fraction of sp³-hybridized carbons (Fsp3) is 1.00. The van der Waals surface area contributed by atoms with Crippen molar-refractivity contribution in [2.24, 2.45) is 0 Å². The van der Waals surface area contributed by atoms with Gasteiger partial charge < -0.3 is 5.32 Å². The first-order valence-electron chi connectivity index (χ1n) is 5.83. The molecule has 0 spiro atoms. The van der Waals surface area contributed by atoms with Gasteiger partial charge in [-0.25, -0.2) is 8.42 Å². The molecule has 0 fully saturated rings. The number of rotatable bonds is 7. The maximum absolute atomic E-state index is 11.8. The molecule has 2 unspecified atom stereocenters. The minimum atomic E-state index is -3.04. The van der Waals surface area contributed by atoms with Crippen molar-refractivity contribution in [3.05, 3.63) is 0 Å². The van der Waals surface area contributed by atoms with Gasteiger partial charge in [-0.3, -0.25) is 4.21 Å². The normalized spacial score (nSPS) is 16.8. The lowest BCUT2D eigenvalue weighted by atomic mass is 10.3. The molecule has 0 aliphatic heterocycles. The molecule has 0 rings (SSSR count). The van der Waals surface area contributed by atoms with Crippen LogP contribution in [0.2, 0.25) is 0 Å². The first kappa shape index (κ1) is 17.1. The van der Waals surface area contributed by atoms with Crippen molar-refractivity contribution in [1.29, 1.82) is 0 Å². The molecule has 0 saturated carbocycles. The molecule has 17 heavy (non-hydrogen) atoms. The quantitative estimate of drug-likeness (QED) is 0.707. The predicted octanol–water partition coefficient (Wildman–Crippen LogP) is 0.946. The van der Waals surface area contributed by atoms with Crippen LogP contribution in [0.15, 0.2) is 0 Å². The van der Waals surface area contributed by atoms with Crippen molar-refractivity contribution < 1.29 is 12.6 Å². The SMILES string of the molecule is CC(CCNCCS(=O)(=O)C(C)(C)C)S(C)=O. The summed E-state index contributed by atoms with van der Waals surface area (Å²) in [5.74, 6) is 0.153. The fourth-order valence-corrected chi connectivity index (χ4v) is 2.58. The second-order valence-electron chi connectivity index (χ2n) is 5.28. The summed E-state index contributed by atoms with van der Waals surface area (Å²) in [4.78, 5) is 0. The van der Waals surface area contributed by atoms with E-state index in [2.05, 4.69) is 5.32 Å². The maximum Gasteiger partial charge on any atom is 0.156 e. The van der Waals surface area contributed by atoms with Crippen molar-refractivity contribution in [2.75, 3.05) is 25.1 Å². The molecule has 0 radical (unpaired) electrons. The smallest absolute Gasteiger partial charge is 0.156 e. The summed E-state index contributed by atoms with van der Waals surface area (Å²) in [6, 6.07) is 0. The molecule has 0 amide bonds. The highest BCUT2D eigenvalue weighted by molar-refractivity contribution is 7.92. The molecule has 0 heterocycles. The van der Waals surface area contributed by atoms with Gasteiger partial charge in [0, 0.05) is 28.9 Å². The van der Waals surface area contributed by atoms with Crippen molar-refractivity contribution in [3.8, 4) is 0 Å². The summed E-state index contributed by atoms with van der Waals surface area (Å²) >= 11 is 0. The van der Waals surface area contributed by atoms with E-state index in [0.717, 1.165) is 6.42 Å². The van der Waals surface area contributed by atoms with Crippen LogP contribution >= 0.6 is 0 Å². The van der Waals surface area contributed by atoms with Gasteiger partial charge in [0.25, 0.3) is 0 Å². The Morgan fingerprint density at radius 1 is 1.24 bits per heavy atom. The summed E-state index contributed by atoms with van der Waals surface area (Å²) in [6.45, 7) is 8.24. The molecule has 0 aliphatic rings. The van der Waals surface area contributed by atoms with Gasteiger partial charge in [0.1, 0.15) is 0 Å². The van der Waals surface area contributed by atoms with E-state index in [4.69, 9.17) is 0 Å². The monoisotopic (exact) mass is 283 g/mol. The van der Waals surface area contributed by atoms with Gasteiger partial charge in [0.05, 0.1) is 10.5 Å². The van der Waals surface area contributed by atoms with Gasteiger partial charge in [-0.2, -0.15) is 0 Å². The minimum absolute atomic E-state index is 0.153. The van der Waals surface area contributed by atoms with Crippen LogP contribution in [0.4, 0.5) is 0 Å². The molecular weight excluding hydrogens is 258 g/mol. The molecule has 4 nitrogen and oxygen atoms in total. The summed E-state index contributed by atoms with van der Waals surface area (Å²) < 4.78 is 33.9. The first-order valence-corrected chi connectivity index (χ1v) is 9.10. The Labute approximate surface area is 108 Å². The second-order valence-corrected chi connectivity index (χ2v) is 9.94. The van der Waals surface area contributed by atoms with E-state index in [1.165, 1.54) is 0 Å². The van der Waals surface area contributed by atoms with E-state index in [-0.39, 0.29) is 11.0 Å². The van der Waals surface area contributed by atoms with E-state index >= 15 is 0 Å². The van der Waals surface area contributed by atoms with Crippen LogP contribution in [-0.4, -0.2) is 47.7 Å². The van der Waals surface area contributed by atoms with Crippen LogP contribution in [0.5, 0.6) is 0 Å². The van der Waals surface area contributed by atoms with Crippen molar-refractivity contribution in [1.82, 2.24) is 5.32 Å². The molecule has 0 aromatic heterocycles. The highest BCUT2D eigenvalue weighted by atomic mass is 32.2. The zero-order valence-corrected chi connectivity index (χ0v) is 13.1. The molecule has 0 aromatic carbocycles. The van der Waals surface area contributed by atoms with Crippen LogP contribution in [-0.2, 0) is 20.6 Å². The van der Waals surface area contributed by atoms with Crippen molar-refractivity contribution in [3.63, 3.8) is 0 Å². The zero-order chi connectivity index (χ0) is 13.7. The molecule has 6 heteroatoms. The van der Waals surface area contributed by atoms with Crippen LogP contribution in [0.3, 0.4) is 0 Å². The molecule has 0 saturated heterocycles. The summed E-state index contributed by atoms with van der Waals surface area (Å²) in [6.07, 6.45) is 2.49. The largest absolute Gasteiger partial charge is 0.316 e. The average molecular weight is 283 g/mol. The highest BCUT2D eigenvalue weighted by Gasteiger charge is 2.27. The summed E-state index contributed by atoms with van der Waals surface area (Å²) in [7, 11) is -3.84. The van der Waals surface area contributed by atoms with Crippen LogP contribution in [0.1, 0.15) is 34.1 Å². The Kier molecular flexibility index (Phi) is 6.87.